The van der Waals surface area contributed by atoms with Gasteiger partial charge in [0.1, 0.15) is 0 Å². The summed E-state index contributed by atoms with van der Waals surface area (Å²) in [6.45, 7) is 4.00. The summed E-state index contributed by atoms with van der Waals surface area (Å²) in [6.07, 6.45) is 0. The lowest BCUT2D eigenvalue weighted by Crippen LogP contribution is -1.25. The fourth-order valence-corrected chi connectivity index (χ4v) is 0. The largest absolute Gasteiger partial charge is 0.163 e. The van der Waals surface area contributed by atoms with Gasteiger partial charge in [-0.2, -0.15) is 12.6 Å². The van der Waals surface area contributed by atoms with Gasteiger partial charge in [-0.1, -0.05) is 13.8 Å². The first-order valence-corrected chi connectivity index (χ1v) is 2.75. The molecule has 0 aliphatic rings. The van der Waals surface area contributed by atoms with Gasteiger partial charge in [-0.15, -0.1) is 11.6 Å². The second-order valence-corrected chi connectivity index (χ2v) is 1.08. The van der Waals surface area contributed by atoms with E-state index in [4.69, 9.17) is 11.6 Å². The molecule has 0 amide bonds. The van der Waals surface area contributed by atoms with E-state index in [0.29, 0.717) is 5.21 Å². The van der Waals surface area contributed by atoms with Crippen LogP contribution in [0.3, 0.4) is 0 Å². The number of halogens is 1. The molecule has 0 radical (unpaired) electrons. The molecule has 0 unspecified atom stereocenters. The SMILES string of the molecule is CC.SCCl. The molecule has 0 rings (SSSR count). The normalized spacial score (nSPS) is 4.80. The molecule has 0 saturated heterocycles. The van der Waals surface area contributed by atoms with Crippen molar-refractivity contribution in [2.75, 3.05) is 5.21 Å². The Morgan fingerprint density at radius 2 is 1.60 bits per heavy atom. The van der Waals surface area contributed by atoms with Gasteiger partial charge < -0.3 is 0 Å². The molecule has 0 aliphatic carbocycles. The number of hydrogen-bond acceptors (Lipinski definition) is 1. The third-order valence-corrected chi connectivity index (χ3v) is 0. The zero-order valence-corrected chi connectivity index (χ0v) is 5.18. The van der Waals surface area contributed by atoms with Gasteiger partial charge in [-0.05, 0) is 0 Å². The number of alkyl halides is 1. The molecule has 2 heteroatoms. The Bertz CT molecular complexity index is 6.85. The minimum absolute atomic E-state index is 0.417. The molecule has 0 heterocycles. The number of rotatable bonds is 0. The van der Waals surface area contributed by atoms with Gasteiger partial charge in [0.2, 0.25) is 0 Å². The van der Waals surface area contributed by atoms with Crippen LogP contribution in [0.2, 0.25) is 0 Å². The van der Waals surface area contributed by atoms with Crippen molar-refractivity contribution in [1.82, 2.24) is 0 Å². The van der Waals surface area contributed by atoms with Gasteiger partial charge in [0.05, 0.1) is 5.21 Å². The first-order chi connectivity index (χ1) is 2.41. The van der Waals surface area contributed by atoms with Crippen LogP contribution < -0.4 is 0 Å². The quantitative estimate of drug-likeness (QED) is 0.360. The molecule has 0 spiro atoms. The van der Waals surface area contributed by atoms with Gasteiger partial charge in [-0.25, -0.2) is 0 Å². The lowest BCUT2D eigenvalue weighted by molar-refractivity contribution is 1.50. The van der Waals surface area contributed by atoms with Crippen LogP contribution in [0.5, 0.6) is 0 Å². The van der Waals surface area contributed by atoms with E-state index in [1.165, 1.54) is 0 Å². The summed E-state index contributed by atoms with van der Waals surface area (Å²) in [5.74, 6) is 0. The Balaban J connectivity index is 0. The van der Waals surface area contributed by atoms with Crippen LogP contribution in [0.1, 0.15) is 13.8 Å². The van der Waals surface area contributed by atoms with Crippen LogP contribution in [0.25, 0.3) is 0 Å². The molecule has 0 aromatic rings. The molecular formula is C3H9ClS. The van der Waals surface area contributed by atoms with Crippen LogP contribution in [-0.4, -0.2) is 5.21 Å². The summed E-state index contributed by atoms with van der Waals surface area (Å²) in [5, 5.41) is 0.417. The Morgan fingerprint density at radius 3 is 1.60 bits per heavy atom. The van der Waals surface area contributed by atoms with E-state index in [-0.39, 0.29) is 0 Å². The van der Waals surface area contributed by atoms with Gasteiger partial charge in [-0.3, -0.25) is 0 Å². The molecule has 0 bridgehead atoms. The smallest absolute Gasteiger partial charge is 0.0650 e. The van der Waals surface area contributed by atoms with Crippen molar-refractivity contribution < 1.29 is 0 Å². The molecule has 34 valence electrons. The molecule has 0 aromatic carbocycles. The Kier molecular flexibility index (Phi) is 41.9. The zero-order chi connectivity index (χ0) is 4.71. The Morgan fingerprint density at radius 1 is 1.60 bits per heavy atom. The third-order valence-electron chi connectivity index (χ3n) is 0. The zero-order valence-electron chi connectivity index (χ0n) is 3.53. The van der Waals surface area contributed by atoms with Crippen molar-refractivity contribution in [3.63, 3.8) is 0 Å². The van der Waals surface area contributed by atoms with Crippen molar-refractivity contribution in [3.05, 3.63) is 0 Å². The van der Waals surface area contributed by atoms with E-state index < -0.39 is 0 Å². The predicted octanol–water partition coefficient (Wildman–Crippen LogP) is 2.14. The van der Waals surface area contributed by atoms with E-state index >= 15 is 0 Å². The minimum Gasteiger partial charge on any atom is -0.163 e. The van der Waals surface area contributed by atoms with Crippen molar-refractivity contribution in [2.24, 2.45) is 0 Å². The summed E-state index contributed by atoms with van der Waals surface area (Å²) in [7, 11) is 0. The molecule has 0 nitrogen and oxygen atoms in total. The molecule has 0 atom stereocenters. The fraction of sp³-hybridized carbons (Fsp3) is 1.00. The van der Waals surface area contributed by atoms with Gasteiger partial charge in [0.15, 0.2) is 0 Å². The maximum Gasteiger partial charge on any atom is 0.0650 e. The van der Waals surface area contributed by atoms with E-state index in [0.717, 1.165) is 0 Å². The average Bonchev–Trinajstić information content (AvgIpc) is 1.46. The highest BCUT2D eigenvalue weighted by molar-refractivity contribution is 7.81. The molecule has 0 aromatic heterocycles. The molecule has 0 N–H and O–H groups in total. The highest BCUT2D eigenvalue weighted by atomic mass is 35.5. The van der Waals surface area contributed by atoms with Crippen molar-refractivity contribution >= 4 is 24.2 Å². The first-order valence-electron chi connectivity index (χ1n) is 1.58. The van der Waals surface area contributed by atoms with Crippen molar-refractivity contribution in [1.29, 1.82) is 0 Å². The number of hydrogen-bond donors (Lipinski definition) is 1. The summed E-state index contributed by atoms with van der Waals surface area (Å²) in [6, 6.07) is 0. The highest BCUT2D eigenvalue weighted by Crippen LogP contribution is 1.71. The van der Waals surface area contributed by atoms with Crippen LogP contribution >= 0.6 is 24.2 Å². The van der Waals surface area contributed by atoms with E-state index in [2.05, 4.69) is 12.6 Å². The van der Waals surface area contributed by atoms with Gasteiger partial charge >= 0.3 is 0 Å². The first kappa shape index (κ1) is 9.16. The van der Waals surface area contributed by atoms with E-state index in [1.54, 1.807) is 0 Å². The molecular weight excluding hydrogens is 104 g/mol. The molecule has 0 saturated carbocycles. The maximum absolute atomic E-state index is 4.86. The van der Waals surface area contributed by atoms with Crippen LogP contribution in [0.4, 0.5) is 0 Å². The second-order valence-electron chi connectivity index (χ2n) is 0.120. The summed E-state index contributed by atoms with van der Waals surface area (Å²) < 4.78 is 0. The van der Waals surface area contributed by atoms with Crippen molar-refractivity contribution in [3.8, 4) is 0 Å². The second kappa shape index (κ2) is 22.9. The fourth-order valence-electron chi connectivity index (χ4n) is 0. The molecule has 0 aliphatic heterocycles. The summed E-state index contributed by atoms with van der Waals surface area (Å²) in [5.41, 5.74) is 0. The maximum atomic E-state index is 4.86. The lowest BCUT2D eigenvalue weighted by Gasteiger charge is -1.45. The van der Waals surface area contributed by atoms with Gasteiger partial charge in [0.25, 0.3) is 0 Å². The minimum atomic E-state index is 0.417. The van der Waals surface area contributed by atoms with Crippen LogP contribution in [0.15, 0.2) is 0 Å². The molecule has 5 heavy (non-hydrogen) atoms. The highest BCUT2D eigenvalue weighted by Gasteiger charge is 1.38. The van der Waals surface area contributed by atoms with E-state index in [9.17, 15) is 0 Å². The standard InChI is InChI=1S/C2H6.CH3ClS/c1-2;2-1-3/h1-2H3;3H,1H2. The monoisotopic (exact) mass is 112 g/mol. The van der Waals surface area contributed by atoms with Crippen LogP contribution in [0, 0.1) is 0 Å². The lowest BCUT2D eigenvalue weighted by atomic mass is 11.0. The number of thiol groups is 1. The summed E-state index contributed by atoms with van der Waals surface area (Å²) >= 11 is 8.42. The Labute approximate surface area is 43.9 Å². The van der Waals surface area contributed by atoms with E-state index in [1.807, 2.05) is 13.8 Å². The average molecular weight is 113 g/mol. The Hall–Kier alpha value is 0.640. The topological polar surface area (TPSA) is 0 Å². The third kappa shape index (κ3) is 79.0. The summed E-state index contributed by atoms with van der Waals surface area (Å²) in [4.78, 5) is 0. The van der Waals surface area contributed by atoms with Gasteiger partial charge in [0, 0.05) is 0 Å². The van der Waals surface area contributed by atoms with Crippen LogP contribution in [-0.2, 0) is 0 Å². The predicted molar refractivity (Wildman–Crippen MR) is 31.1 cm³/mol. The van der Waals surface area contributed by atoms with Crippen molar-refractivity contribution in [2.45, 2.75) is 13.8 Å². The molecule has 0 fully saturated rings.